The first kappa shape index (κ1) is 20.8. The van der Waals surface area contributed by atoms with E-state index in [0.29, 0.717) is 0 Å². The molecular formula is C27H25IrN2-. The first-order valence-electron chi connectivity index (χ1n) is 10.2. The molecule has 5 aromatic rings. The summed E-state index contributed by atoms with van der Waals surface area (Å²) in [4.78, 5) is 0. The predicted molar refractivity (Wildman–Crippen MR) is 123 cm³/mol. The molecular weight excluding hydrogens is 545 g/mol. The van der Waals surface area contributed by atoms with Crippen molar-refractivity contribution < 1.29 is 20.1 Å². The second-order valence-corrected chi connectivity index (χ2v) is 8.45. The minimum absolute atomic E-state index is 0. The van der Waals surface area contributed by atoms with Crippen LogP contribution in [-0.4, -0.2) is 9.61 Å². The Balaban J connectivity index is 0.00000218. The number of pyridine rings is 1. The number of hydrogen-bond acceptors (Lipinski definition) is 1. The van der Waals surface area contributed by atoms with E-state index in [1.807, 2.05) is 6.07 Å². The smallest absolute Gasteiger partial charge is 0.0714 e. The summed E-state index contributed by atoms with van der Waals surface area (Å²) in [6.45, 7) is 13.0. The van der Waals surface area contributed by atoms with Crippen LogP contribution in [0.3, 0.4) is 0 Å². The molecule has 2 nitrogen and oxygen atoms in total. The molecule has 0 N–H and O–H groups in total. The van der Waals surface area contributed by atoms with Crippen LogP contribution < -0.4 is 0 Å². The number of rotatable bonds is 1. The molecule has 3 heteroatoms. The van der Waals surface area contributed by atoms with Crippen LogP contribution in [0, 0.1) is 47.6 Å². The van der Waals surface area contributed by atoms with Gasteiger partial charge in [-0.3, -0.25) is 4.52 Å². The van der Waals surface area contributed by atoms with E-state index in [2.05, 4.69) is 88.5 Å². The molecule has 0 saturated heterocycles. The van der Waals surface area contributed by atoms with Gasteiger partial charge in [-0.2, -0.15) is 23.3 Å². The van der Waals surface area contributed by atoms with E-state index in [1.54, 1.807) is 0 Å². The Morgan fingerprint density at radius 2 is 1.40 bits per heavy atom. The Morgan fingerprint density at radius 1 is 0.767 bits per heavy atom. The topological polar surface area (TPSA) is 17.3 Å². The van der Waals surface area contributed by atoms with Gasteiger partial charge in [-0.15, -0.1) is 5.56 Å². The number of fused-ring (bicyclic) bond motifs is 6. The van der Waals surface area contributed by atoms with Gasteiger partial charge in [0.05, 0.1) is 11.2 Å². The quantitative estimate of drug-likeness (QED) is 0.158. The zero-order chi connectivity index (χ0) is 20.4. The minimum atomic E-state index is 0. The molecule has 0 aliphatic rings. The van der Waals surface area contributed by atoms with Gasteiger partial charge in [0.1, 0.15) is 0 Å². The van der Waals surface area contributed by atoms with E-state index >= 15 is 0 Å². The summed E-state index contributed by atoms with van der Waals surface area (Å²) in [5.74, 6) is 0. The number of benzene rings is 3. The summed E-state index contributed by atoms with van der Waals surface area (Å²) in [5.41, 5.74) is 12.3. The van der Waals surface area contributed by atoms with Crippen molar-refractivity contribution in [2.24, 2.45) is 0 Å². The van der Waals surface area contributed by atoms with Crippen molar-refractivity contribution in [3.63, 3.8) is 0 Å². The molecule has 30 heavy (non-hydrogen) atoms. The van der Waals surface area contributed by atoms with Gasteiger partial charge in [0, 0.05) is 20.1 Å². The first-order valence-corrected chi connectivity index (χ1v) is 10.2. The summed E-state index contributed by atoms with van der Waals surface area (Å²) in [6, 6.07) is 19.1. The fourth-order valence-electron chi connectivity index (χ4n) is 4.84. The van der Waals surface area contributed by atoms with Crippen LogP contribution in [0.1, 0.15) is 33.5 Å². The van der Waals surface area contributed by atoms with Crippen LogP contribution in [0.5, 0.6) is 0 Å². The minimum Gasteiger partial charge on any atom is -0.257 e. The van der Waals surface area contributed by atoms with Crippen molar-refractivity contribution >= 4 is 27.2 Å². The van der Waals surface area contributed by atoms with E-state index in [0.717, 1.165) is 16.7 Å². The van der Waals surface area contributed by atoms with E-state index in [-0.39, 0.29) is 20.1 Å². The number of aryl methyl sites for hydroxylation is 6. The maximum atomic E-state index is 4.82. The molecule has 1 radical (unpaired) electrons. The van der Waals surface area contributed by atoms with E-state index < -0.39 is 0 Å². The normalized spacial score (nSPS) is 11.4. The standard InChI is InChI=1S/C27H25N2.Ir/c1-15-10-18(4)26(19(5)11-15)21-8-7-9-24-27(21)23-13-17(3)16(2)12-22(23)25-14-20(6)28-29(24)25;/h7-8,10-14H,1-6H3;/q-1;. The second kappa shape index (κ2) is 7.34. The molecule has 0 aliphatic carbocycles. The van der Waals surface area contributed by atoms with Crippen molar-refractivity contribution in [1.82, 2.24) is 9.61 Å². The van der Waals surface area contributed by atoms with Crippen LogP contribution in [0.2, 0.25) is 0 Å². The Morgan fingerprint density at radius 3 is 2.07 bits per heavy atom. The molecule has 0 atom stereocenters. The third-order valence-corrected chi connectivity index (χ3v) is 6.15. The number of hydrogen-bond donors (Lipinski definition) is 0. The molecule has 5 rings (SSSR count). The Hall–Kier alpha value is -2.48. The summed E-state index contributed by atoms with van der Waals surface area (Å²) in [5, 5.41) is 8.59. The van der Waals surface area contributed by atoms with Gasteiger partial charge in [-0.25, -0.2) is 0 Å². The molecule has 0 amide bonds. The van der Waals surface area contributed by atoms with Gasteiger partial charge in [0.25, 0.3) is 0 Å². The molecule has 2 aromatic heterocycles. The van der Waals surface area contributed by atoms with Crippen molar-refractivity contribution in [3.8, 4) is 11.1 Å². The van der Waals surface area contributed by atoms with Gasteiger partial charge in [0.2, 0.25) is 0 Å². The second-order valence-electron chi connectivity index (χ2n) is 8.45. The van der Waals surface area contributed by atoms with E-state index in [1.165, 1.54) is 55.1 Å². The Kier molecular flexibility index (Phi) is 5.08. The third kappa shape index (κ3) is 3.00. The maximum Gasteiger partial charge on any atom is 0.0714 e. The van der Waals surface area contributed by atoms with Crippen molar-refractivity contribution in [2.75, 3.05) is 0 Å². The number of aromatic nitrogens is 2. The van der Waals surface area contributed by atoms with Gasteiger partial charge < -0.3 is 0 Å². The molecule has 0 bridgehead atoms. The summed E-state index contributed by atoms with van der Waals surface area (Å²) in [6.07, 6.45) is 0. The van der Waals surface area contributed by atoms with Gasteiger partial charge in [-0.05, 0) is 86.3 Å². The predicted octanol–water partition coefficient (Wildman–Crippen LogP) is 6.96. The maximum absolute atomic E-state index is 4.82. The molecule has 0 fully saturated rings. The Bertz CT molecular complexity index is 1430. The van der Waals surface area contributed by atoms with E-state index in [9.17, 15) is 0 Å². The molecule has 2 heterocycles. The monoisotopic (exact) mass is 570 g/mol. The van der Waals surface area contributed by atoms with Crippen LogP contribution in [0.4, 0.5) is 0 Å². The number of nitrogens with zero attached hydrogens (tertiary/aromatic N) is 2. The fourth-order valence-corrected chi connectivity index (χ4v) is 4.84. The fraction of sp³-hybridized carbons (Fsp3) is 0.222. The van der Waals surface area contributed by atoms with Crippen molar-refractivity contribution in [1.29, 1.82) is 0 Å². The zero-order valence-electron chi connectivity index (χ0n) is 18.3. The Labute approximate surface area is 191 Å². The van der Waals surface area contributed by atoms with Crippen LogP contribution in [0.15, 0.2) is 42.5 Å². The molecule has 153 valence electrons. The average molecular weight is 570 g/mol. The van der Waals surface area contributed by atoms with Gasteiger partial charge in [-0.1, -0.05) is 40.6 Å². The SMILES string of the molecule is Cc1cc(C)c(-c2cc[c-]c3c2c2cc(C)c(C)cc2c2cc(C)nn32)c(C)c1.[Ir]. The molecule has 3 aromatic carbocycles. The van der Waals surface area contributed by atoms with Crippen molar-refractivity contribution in [2.45, 2.75) is 41.5 Å². The average Bonchev–Trinajstić information content (AvgIpc) is 3.04. The summed E-state index contributed by atoms with van der Waals surface area (Å²) >= 11 is 0. The molecule has 0 aliphatic heterocycles. The van der Waals surface area contributed by atoms with E-state index in [4.69, 9.17) is 5.10 Å². The van der Waals surface area contributed by atoms with Crippen molar-refractivity contribution in [3.05, 3.63) is 82.0 Å². The molecule has 0 spiro atoms. The summed E-state index contributed by atoms with van der Waals surface area (Å²) < 4.78 is 2.07. The summed E-state index contributed by atoms with van der Waals surface area (Å²) in [7, 11) is 0. The zero-order valence-corrected chi connectivity index (χ0v) is 20.7. The first-order chi connectivity index (χ1) is 13.8. The molecule has 0 unspecified atom stereocenters. The van der Waals surface area contributed by atoms with Crippen LogP contribution in [0.25, 0.3) is 38.3 Å². The van der Waals surface area contributed by atoms with Gasteiger partial charge >= 0.3 is 0 Å². The largest absolute Gasteiger partial charge is 0.257 e. The van der Waals surface area contributed by atoms with Crippen LogP contribution in [-0.2, 0) is 20.1 Å². The van der Waals surface area contributed by atoms with Gasteiger partial charge in [0.15, 0.2) is 0 Å². The van der Waals surface area contributed by atoms with Crippen LogP contribution >= 0.6 is 0 Å². The third-order valence-electron chi connectivity index (χ3n) is 6.15. The molecule has 0 saturated carbocycles.